The number of carbonyl (C=O) groups excluding carboxylic acids is 1. The minimum Gasteiger partial charge on any atom is -0.305 e. The van der Waals surface area contributed by atoms with E-state index in [4.69, 9.17) is 0 Å². The van der Waals surface area contributed by atoms with Crippen molar-refractivity contribution in [3.63, 3.8) is 0 Å². The number of carbonyl (C=O) groups is 1. The van der Waals surface area contributed by atoms with Crippen LogP contribution in [0.5, 0.6) is 0 Å². The van der Waals surface area contributed by atoms with E-state index < -0.39 is 11.7 Å². The molecule has 0 aliphatic carbocycles. The van der Waals surface area contributed by atoms with Crippen LogP contribution in [0.15, 0.2) is 41.4 Å². The van der Waals surface area contributed by atoms with Crippen molar-refractivity contribution in [2.75, 3.05) is 30.7 Å². The molecule has 0 bridgehead atoms. The molecule has 0 saturated carbocycles. The molecule has 0 radical (unpaired) electrons. The molecule has 1 aromatic carbocycles. The Hall–Kier alpha value is -1.99. The third-order valence-corrected chi connectivity index (χ3v) is 4.72. The van der Waals surface area contributed by atoms with Crippen LogP contribution < -0.4 is 5.32 Å². The molecule has 0 unspecified atom stereocenters. The van der Waals surface area contributed by atoms with Crippen LogP contribution in [0.1, 0.15) is 23.2 Å². The van der Waals surface area contributed by atoms with E-state index in [0.717, 1.165) is 17.3 Å². The van der Waals surface area contributed by atoms with Gasteiger partial charge in [-0.25, -0.2) is 4.39 Å². The zero-order valence-corrected chi connectivity index (χ0v) is 14.1. The van der Waals surface area contributed by atoms with Gasteiger partial charge in [0.25, 0.3) is 5.91 Å². The number of rotatable bonds is 6. The summed E-state index contributed by atoms with van der Waals surface area (Å²) in [5.74, 6) is 0.480. The third kappa shape index (κ3) is 4.75. The van der Waals surface area contributed by atoms with Crippen molar-refractivity contribution < 1.29 is 9.18 Å². The highest BCUT2D eigenvalue weighted by Crippen LogP contribution is 2.17. The van der Waals surface area contributed by atoms with Crippen LogP contribution >= 0.6 is 11.8 Å². The summed E-state index contributed by atoms with van der Waals surface area (Å²) >= 11 is 1.66. The van der Waals surface area contributed by atoms with Crippen LogP contribution in [-0.4, -0.2) is 46.4 Å². The maximum atomic E-state index is 13.1. The van der Waals surface area contributed by atoms with E-state index in [2.05, 4.69) is 20.4 Å². The number of amides is 1. The van der Waals surface area contributed by atoms with Crippen LogP contribution in [-0.2, 0) is 0 Å². The number of thioether (sulfide) groups is 1. The molecule has 1 fully saturated rings. The number of benzene rings is 1. The second-order valence-electron chi connectivity index (χ2n) is 5.62. The van der Waals surface area contributed by atoms with E-state index in [-0.39, 0.29) is 5.56 Å². The van der Waals surface area contributed by atoms with E-state index in [9.17, 15) is 9.18 Å². The van der Waals surface area contributed by atoms with Crippen LogP contribution in [0.3, 0.4) is 0 Å². The first-order valence-corrected chi connectivity index (χ1v) is 8.95. The number of likely N-dealkylation sites (tertiary alicyclic amines) is 1. The van der Waals surface area contributed by atoms with Gasteiger partial charge in [-0.15, -0.1) is 22.0 Å². The predicted octanol–water partition coefficient (Wildman–Crippen LogP) is 3.06. The molecule has 1 amide bonds. The number of anilines is 1. The summed E-state index contributed by atoms with van der Waals surface area (Å²) in [5.41, 5.74) is 0.251. The second kappa shape index (κ2) is 8.21. The molecule has 2 aromatic rings. The molecule has 0 spiro atoms. The molecule has 1 N–H and O–H groups in total. The van der Waals surface area contributed by atoms with E-state index in [0.29, 0.717) is 5.82 Å². The molecule has 1 aliphatic heterocycles. The van der Waals surface area contributed by atoms with Crippen LogP contribution in [0.2, 0.25) is 0 Å². The number of nitrogens with one attached hydrogen (secondary N) is 1. The highest BCUT2D eigenvalue weighted by molar-refractivity contribution is 7.99. The number of halogens is 1. The van der Waals surface area contributed by atoms with Crippen molar-refractivity contribution >= 4 is 23.5 Å². The molecule has 1 saturated heterocycles. The number of hydrogen-bond acceptors (Lipinski definition) is 5. The van der Waals surface area contributed by atoms with Gasteiger partial charge in [-0.1, -0.05) is 6.07 Å². The molecule has 24 heavy (non-hydrogen) atoms. The van der Waals surface area contributed by atoms with Crippen molar-refractivity contribution in [2.45, 2.75) is 17.9 Å². The fourth-order valence-electron chi connectivity index (χ4n) is 2.57. The van der Waals surface area contributed by atoms with Gasteiger partial charge in [0.15, 0.2) is 5.82 Å². The van der Waals surface area contributed by atoms with E-state index in [1.807, 2.05) is 6.07 Å². The van der Waals surface area contributed by atoms with Gasteiger partial charge in [0, 0.05) is 17.9 Å². The smallest absolute Gasteiger partial charge is 0.256 e. The lowest BCUT2D eigenvalue weighted by atomic mass is 10.2. The lowest BCUT2D eigenvalue weighted by Crippen LogP contribution is -2.21. The monoisotopic (exact) mass is 346 g/mol. The van der Waals surface area contributed by atoms with Crippen LogP contribution in [0.25, 0.3) is 0 Å². The fourth-order valence-corrected chi connectivity index (χ4v) is 3.39. The Kier molecular flexibility index (Phi) is 5.77. The third-order valence-electron chi connectivity index (χ3n) is 3.82. The SMILES string of the molecule is O=C(Nc1ccc(SCCN2CCCC2)nn1)c1cccc(F)c1. The standard InChI is InChI=1S/C17H19FN4OS/c18-14-5-3-4-13(12-14)17(23)19-15-6-7-16(21-20-15)24-11-10-22-8-1-2-9-22/h3-7,12H,1-2,8-11H2,(H,19,20,23). The summed E-state index contributed by atoms with van der Waals surface area (Å²) in [7, 11) is 0. The van der Waals surface area contributed by atoms with Gasteiger partial charge in [-0.3, -0.25) is 4.79 Å². The summed E-state index contributed by atoms with van der Waals surface area (Å²) in [4.78, 5) is 14.5. The highest BCUT2D eigenvalue weighted by Gasteiger charge is 2.11. The highest BCUT2D eigenvalue weighted by atomic mass is 32.2. The first kappa shape index (κ1) is 16.9. The average Bonchev–Trinajstić information content (AvgIpc) is 3.10. The molecule has 5 nitrogen and oxygen atoms in total. The fraction of sp³-hybridized carbons (Fsp3) is 0.353. The Balaban J connectivity index is 1.49. The van der Waals surface area contributed by atoms with Gasteiger partial charge in [-0.05, 0) is 56.3 Å². The molecule has 2 heterocycles. The number of aromatic nitrogens is 2. The van der Waals surface area contributed by atoms with Gasteiger partial charge in [0.05, 0.1) is 0 Å². The molecule has 7 heteroatoms. The van der Waals surface area contributed by atoms with Gasteiger partial charge >= 0.3 is 0 Å². The average molecular weight is 346 g/mol. The number of hydrogen-bond donors (Lipinski definition) is 1. The second-order valence-corrected chi connectivity index (χ2v) is 6.73. The Morgan fingerprint density at radius 3 is 2.75 bits per heavy atom. The first-order chi connectivity index (χ1) is 11.7. The Morgan fingerprint density at radius 2 is 2.04 bits per heavy atom. The van der Waals surface area contributed by atoms with Crippen LogP contribution in [0.4, 0.5) is 10.2 Å². The molecular formula is C17H19FN4OS. The molecular weight excluding hydrogens is 327 g/mol. The van der Waals surface area contributed by atoms with Crippen molar-refractivity contribution in [1.29, 1.82) is 0 Å². The van der Waals surface area contributed by atoms with Crippen molar-refractivity contribution in [1.82, 2.24) is 15.1 Å². The zero-order chi connectivity index (χ0) is 16.8. The molecule has 0 atom stereocenters. The van der Waals surface area contributed by atoms with Gasteiger partial charge in [0.1, 0.15) is 10.8 Å². The van der Waals surface area contributed by atoms with Gasteiger partial charge in [-0.2, -0.15) is 0 Å². The van der Waals surface area contributed by atoms with Crippen molar-refractivity contribution in [3.8, 4) is 0 Å². The van der Waals surface area contributed by atoms with Crippen LogP contribution in [0, 0.1) is 5.82 Å². The van der Waals surface area contributed by atoms with Crippen molar-refractivity contribution in [2.24, 2.45) is 0 Å². The summed E-state index contributed by atoms with van der Waals surface area (Å²) in [5, 5.41) is 11.6. The maximum Gasteiger partial charge on any atom is 0.256 e. The maximum absolute atomic E-state index is 13.1. The Labute approximate surface area is 144 Å². The quantitative estimate of drug-likeness (QED) is 0.815. The predicted molar refractivity (Wildman–Crippen MR) is 92.8 cm³/mol. The normalized spacial score (nSPS) is 14.7. The molecule has 1 aromatic heterocycles. The van der Waals surface area contributed by atoms with E-state index in [1.165, 1.54) is 44.1 Å². The summed E-state index contributed by atoms with van der Waals surface area (Å²) in [6, 6.07) is 9.08. The van der Waals surface area contributed by atoms with Gasteiger partial charge < -0.3 is 10.2 Å². The summed E-state index contributed by atoms with van der Waals surface area (Å²) in [6.45, 7) is 3.44. The van der Waals surface area contributed by atoms with Crippen molar-refractivity contribution in [3.05, 3.63) is 47.8 Å². The Morgan fingerprint density at radius 1 is 1.21 bits per heavy atom. The van der Waals surface area contributed by atoms with E-state index in [1.54, 1.807) is 23.9 Å². The summed E-state index contributed by atoms with van der Waals surface area (Å²) in [6.07, 6.45) is 2.59. The lowest BCUT2D eigenvalue weighted by molar-refractivity contribution is 0.102. The summed E-state index contributed by atoms with van der Waals surface area (Å²) < 4.78 is 13.1. The lowest BCUT2D eigenvalue weighted by Gasteiger charge is -2.13. The number of nitrogens with zero attached hydrogens (tertiary/aromatic N) is 3. The topological polar surface area (TPSA) is 58.1 Å². The Bertz CT molecular complexity index is 689. The van der Waals surface area contributed by atoms with E-state index >= 15 is 0 Å². The minimum absolute atomic E-state index is 0.251. The first-order valence-electron chi connectivity index (χ1n) is 7.96. The zero-order valence-electron chi connectivity index (χ0n) is 13.2. The van der Waals surface area contributed by atoms with Gasteiger partial charge in [0.2, 0.25) is 0 Å². The largest absolute Gasteiger partial charge is 0.305 e. The minimum atomic E-state index is -0.446. The molecule has 126 valence electrons. The molecule has 3 rings (SSSR count). The molecule has 1 aliphatic rings.